The van der Waals surface area contributed by atoms with Gasteiger partial charge in [-0.2, -0.15) is 0 Å². The highest BCUT2D eigenvalue weighted by atomic mass is 32.1. The fourth-order valence-corrected chi connectivity index (χ4v) is 4.22. The number of hydrogen-bond acceptors (Lipinski definition) is 3. The quantitative estimate of drug-likeness (QED) is 0.771. The van der Waals surface area contributed by atoms with Crippen LogP contribution in [0.25, 0.3) is 0 Å². The van der Waals surface area contributed by atoms with Gasteiger partial charge in [-0.1, -0.05) is 6.92 Å². The normalized spacial score (nSPS) is 16.8. The smallest absolute Gasteiger partial charge is 0.257 e. The van der Waals surface area contributed by atoms with Gasteiger partial charge in [-0.15, -0.1) is 11.3 Å². The highest BCUT2D eigenvalue weighted by Gasteiger charge is 2.31. The third kappa shape index (κ3) is 2.92. The molecule has 1 unspecified atom stereocenters. The molecule has 1 heterocycles. The maximum absolute atomic E-state index is 13.9. The van der Waals surface area contributed by atoms with Crippen molar-refractivity contribution in [1.29, 1.82) is 0 Å². The summed E-state index contributed by atoms with van der Waals surface area (Å²) in [6, 6.07) is 0.814. The standard InChI is InChI=1S/C17H17F3N2OS/c1-3-15-21-13-5-4-6-14(16(13)24-15)22(2)17(23)9-7-11(19)12(20)8-10(9)18/h7-8,14H,3-6H2,1-2H3. The van der Waals surface area contributed by atoms with Crippen LogP contribution in [0.2, 0.25) is 0 Å². The van der Waals surface area contributed by atoms with Crippen LogP contribution in [-0.4, -0.2) is 22.8 Å². The lowest BCUT2D eigenvalue weighted by Crippen LogP contribution is -2.33. The molecule has 1 aliphatic carbocycles. The topological polar surface area (TPSA) is 33.2 Å². The molecule has 0 bridgehead atoms. The Balaban J connectivity index is 1.93. The van der Waals surface area contributed by atoms with Crippen LogP contribution in [0.3, 0.4) is 0 Å². The van der Waals surface area contributed by atoms with Crippen molar-refractivity contribution in [1.82, 2.24) is 9.88 Å². The summed E-state index contributed by atoms with van der Waals surface area (Å²) in [5.74, 6) is -4.25. The van der Waals surface area contributed by atoms with Crippen molar-refractivity contribution in [2.45, 2.75) is 38.6 Å². The van der Waals surface area contributed by atoms with E-state index in [2.05, 4.69) is 4.98 Å². The Bertz CT molecular complexity index is 790. The van der Waals surface area contributed by atoms with Crippen LogP contribution < -0.4 is 0 Å². The second kappa shape index (κ2) is 6.55. The molecule has 24 heavy (non-hydrogen) atoms. The molecule has 0 aliphatic heterocycles. The second-order valence-corrected chi connectivity index (χ2v) is 6.96. The molecule has 0 spiro atoms. The number of thiazole rings is 1. The highest BCUT2D eigenvalue weighted by Crippen LogP contribution is 2.38. The van der Waals surface area contributed by atoms with Gasteiger partial charge in [0, 0.05) is 13.1 Å². The Labute approximate surface area is 142 Å². The number of rotatable bonds is 3. The molecule has 0 saturated heterocycles. The summed E-state index contributed by atoms with van der Waals surface area (Å²) < 4.78 is 40.4. The average molecular weight is 354 g/mol. The number of carbonyl (C=O) groups excluding carboxylic acids is 1. The Morgan fingerprint density at radius 2 is 2.00 bits per heavy atom. The summed E-state index contributed by atoms with van der Waals surface area (Å²) in [6.45, 7) is 2.02. The van der Waals surface area contributed by atoms with E-state index in [0.717, 1.165) is 41.3 Å². The first kappa shape index (κ1) is 17.0. The van der Waals surface area contributed by atoms with E-state index in [-0.39, 0.29) is 6.04 Å². The summed E-state index contributed by atoms with van der Waals surface area (Å²) in [5.41, 5.74) is 0.530. The van der Waals surface area contributed by atoms with Gasteiger partial charge in [-0.25, -0.2) is 18.2 Å². The lowest BCUT2D eigenvalue weighted by Gasteiger charge is -2.30. The largest absolute Gasteiger partial charge is 0.334 e. The number of aryl methyl sites for hydroxylation is 2. The van der Waals surface area contributed by atoms with Crippen molar-refractivity contribution in [3.63, 3.8) is 0 Å². The second-order valence-electron chi connectivity index (χ2n) is 5.84. The van der Waals surface area contributed by atoms with Gasteiger partial charge < -0.3 is 4.90 Å². The lowest BCUT2D eigenvalue weighted by atomic mass is 9.96. The first-order chi connectivity index (χ1) is 11.4. The molecule has 128 valence electrons. The molecule has 1 atom stereocenters. The molecule has 0 saturated carbocycles. The molecule has 2 aromatic rings. The van der Waals surface area contributed by atoms with E-state index in [1.54, 1.807) is 18.4 Å². The Hall–Kier alpha value is -1.89. The first-order valence-electron chi connectivity index (χ1n) is 7.82. The minimum absolute atomic E-state index is 0.216. The van der Waals surface area contributed by atoms with Crippen LogP contribution in [-0.2, 0) is 12.8 Å². The van der Waals surface area contributed by atoms with E-state index in [1.807, 2.05) is 6.92 Å². The van der Waals surface area contributed by atoms with Crippen molar-refractivity contribution in [3.05, 3.63) is 50.7 Å². The number of benzene rings is 1. The fourth-order valence-electron chi connectivity index (χ4n) is 2.99. The van der Waals surface area contributed by atoms with E-state index >= 15 is 0 Å². The van der Waals surface area contributed by atoms with E-state index < -0.39 is 28.9 Å². The summed E-state index contributed by atoms with van der Waals surface area (Å²) in [6.07, 6.45) is 3.30. The zero-order chi connectivity index (χ0) is 17.4. The van der Waals surface area contributed by atoms with E-state index in [1.165, 1.54) is 4.90 Å². The average Bonchev–Trinajstić information content (AvgIpc) is 3.00. The maximum atomic E-state index is 13.9. The molecule has 0 fully saturated rings. The first-order valence-corrected chi connectivity index (χ1v) is 8.64. The molecular weight excluding hydrogens is 337 g/mol. The predicted molar refractivity (Wildman–Crippen MR) is 85.6 cm³/mol. The molecule has 0 N–H and O–H groups in total. The van der Waals surface area contributed by atoms with Crippen LogP contribution in [0.4, 0.5) is 13.2 Å². The fraction of sp³-hybridized carbons (Fsp3) is 0.412. The molecule has 3 rings (SSSR count). The monoisotopic (exact) mass is 354 g/mol. The zero-order valence-corrected chi connectivity index (χ0v) is 14.2. The van der Waals surface area contributed by atoms with Gasteiger partial charge in [0.05, 0.1) is 27.2 Å². The van der Waals surface area contributed by atoms with E-state index in [0.29, 0.717) is 12.1 Å². The maximum Gasteiger partial charge on any atom is 0.257 e. The summed E-state index contributed by atoms with van der Waals surface area (Å²) in [7, 11) is 1.56. The van der Waals surface area contributed by atoms with Crippen molar-refractivity contribution in [3.8, 4) is 0 Å². The third-order valence-corrected chi connectivity index (χ3v) is 5.64. The van der Waals surface area contributed by atoms with E-state index in [9.17, 15) is 18.0 Å². The van der Waals surface area contributed by atoms with Gasteiger partial charge in [0.25, 0.3) is 5.91 Å². The molecule has 1 aromatic heterocycles. The molecule has 3 nitrogen and oxygen atoms in total. The molecule has 0 radical (unpaired) electrons. The van der Waals surface area contributed by atoms with Crippen LogP contribution in [0.5, 0.6) is 0 Å². The number of nitrogens with zero attached hydrogens (tertiary/aromatic N) is 2. The van der Waals surface area contributed by atoms with Crippen LogP contribution >= 0.6 is 11.3 Å². The zero-order valence-electron chi connectivity index (χ0n) is 13.4. The van der Waals surface area contributed by atoms with Crippen LogP contribution in [0.1, 0.15) is 51.7 Å². The highest BCUT2D eigenvalue weighted by molar-refractivity contribution is 7.11. The summed E-state index contributed by atoms with van der Waals surface area (Å²) in [4.78, 5) is 19.6. The predicted octanol–water partition coefficient (Wildman–Crippen LogP) is 4.27. The number of hydrogen-bond donors (Lipinski definition) is 0. The number of amides is 1. The Morgan fingerprint density at radius 1 is 1.29 bits per heavy atom. The van der Waals surface area contributed by atoms with Gasteiger partial charge >= 0.3 is 0 Å². The SMILES string of the molecule is CCc1nc2c(s1)C(N(C)C(=O)c1cc(F)c(F)cc1F)CCC2. The molecular formula is C17H17F3N2OS. The van der Waals surface area contributed by atoms with Gasteiger partial charge in [0.15, 0.2) is 11.6 Å². The van der Waals surface area contributed by atoms with Gasteiger partial charge in [-0.3, -0.25) is 4.79 Å². The van der Waals surface area contributed by atoms with Crippen molar-refractivity contribution in [2.24, 2.45) is 0 Å². The minimum Gasteiger partial charge on any atom is -0.334 e. The minimum atomic E-state index is -1.30. The molecule has 7 heteroatoms. The van der Waals surface area contributed by atoms with Crippen LogP contribution in [0.15, 0.2) is 12.1 Å². The van der Waals surface area contributed by atoms with Gasteiger partial charge in [0.2, 0.25) is 0 Å². The molecule has 1 amide bonds. The number of carbonyl (C=O) groups is 1. The number of fused-ring (bicyclic) bond motifs is 1. The Kier molecular flexibility index (Phi) is 4.62. The van der Waals surface area contributed by atoms with Crippen molar-refractivity contribution < 1.29 is 18.0 Å². The third-order valence-electron chi connectivity index (χ3n) is 4.30. The number of halogens is 3. The van der Waals surface area contributed by atoms with Crippen molar-refractivity contribution in [2.75, 3.05) is 7.05 Å². The van der Waals surface area contributed by atoms with Crippen molar-refractivity contribution >= 4 is 17.2 Å². The molecule has 1 aromatic carbocycles. The molecule has 1 aliphatic rings. The van der Waals surface area contributed by atoms with E-state index in [4.69, 9.17) is 0 Å². The van der Waals surface area contributed by atoms with Gasteiger partial charge in [-0.05, 0) is 31.7 Å². The lowest BCUT2D eigenvalue weighted by molar-refractivity contribution is 0.0712. The van der Waals surface area contributed by atoms with Gasteiger partial charge in [0.1, 0.15) is 5.82 Å². The van der Waals surface area contributed by atoms with Crippen LogP contribution in [0, 0.1) is 17.5 Å². The Morgan fingerprint density at radius 3 is 2.71 bits per heavy atom. The summed E-state index contributed by atoms with van der Waals surface area (Å²) >= 11 is 1.56. The summed E-state index contributed by atoms with van der Waals surface area (Å²) in [5, 5.41) is 1.01. The number of aromatic nitrogens is 1.